The first-order valence-corrected chi connectivity index (χ1v) is 16.9. The van der Waals surface area contributed by atoms with Gasteiger partial charge in [-0.25, -0.2) is 0 Å². The number of hydrogen-bond donors (Lipinski definition) is 0. The van der Waals surface area contributed by atoms with Crippen molar-refractivity contribution in [2.45, 2.75) is 17.4 Å². The van der Waals surface area contributed by atoms with Gasteiger partial charge >= 0.3 is 37.3 Å². The highest BCUT2D eigenvalue weighted by Gasteiger charge is 2.59. The summed E-state index contributed by atoms with van der Waals surface area (Å²) in [5, 5.41) is 0. The molecule has 6 amide bonds. The van der Waals surface area contributed by atoms with Gasteiger partial charge in [0.1, 0.15) is 5.41 Å². The standard InChI is InChI=1S/C24H13F3N2O4.C8H5NO2.CH3.2Al/c25-24(26,27)23(12-4-2-1-3-5-12,13-6-8-15-17(10-13)21(32)28-19(15)30)14-7-9-16-18(11-14)22(33)29-20(16)31;10-7-5-3-1-2-4-6(5)8(11)9-7;;;/h1-11H,(H2,28,29,30,31,32,33);1-4H,(H,9,10,11);1H3;;/q;;;+1;+2/p-3. The zero-order valence-electron chi connectivity index (χ0n) is 24.2. The van der Waals surface area contributed by atoms with Crippen LogP contribution in [0, 0.1) is 0 Å². The van der Waals surface area contributed by atoms with Crippen LogP contribution in [-0.4, -0.2) is 84.4 Å². The number of benzene rings is 4. The molecule has 0 fully saturated rings. The quantitative estimate of drug-likeness (QED) is 0.173. The van der Waals surface area contributed by atoms with Crippen molar-refractivity contribution in [1.82, 2.24) is 11.7 Å². The van der Waals surface area contributed by atoms with E-state index >= 15 is 13.2 Å². The number of imide groups is 3. The molecule has 9 nitrogen and oxygen atoms in total. The Bertz CT molecular complexity index is 2070. The molecule has 0 saturated carbocycles. The summed E-state index contributed by atoms with van der Waals surface area (Å²) >= 11 is -2.49. The average Bonchev–Trinajstić information content (AvgIpc) is 3.56. The lowest BCUT2D eigenvalue weighted by molar-refractivity contribution is -0.166. The van der Waals surface area contributed by atoms with Crippen LogP contribution in [0.3, 0.4) is 0 Å². The van der Waals surface area contributed by atoms with Crippen molar-refractivity contribution < 1.29 is 41.9 Å². The Labute approximate surface area is 277 Å². The van der Waals surface area contributed by atoms with E-state index in [2.05, 4.69) is 0 Å². The Kier molecular flexibility index (Phi) is 7.12. The fourth-order valence-electron chi connectivity index (χ4n) is 6.43. The second kappa shape index (κ2) is 10.9. The smallest absolute Gasteiger partial charge is 0.379 e. The van der Waals surface area contributed by atoms with Gasteiger partial charge in [0.15, 0.2) is 0 Å². The summed E-state index contributed by atoms with van der Waals surface area (Å²) in [5.41, 5.74) is -4.37. The third-order valence-electron chi connectivity index (χ3n) is 8.65. The largest absolute Gasteiger partial charge is 0.574 e. The molecule has 4 aromatic rings. The fraction of sp³-hybridized carbons (Fsp3) is 0.0909. The van der Waals surface area contributed by atoms with E-state index in [4.69, 9.17) is 0 Å². The predicted octanol–water partition coefficient (Wildman–Crippen LogP) is 4.27. The number of amides is 6. The molecule has 1 unspecified atom stereocenters. The van der Waals surface area contributed by atoms with Crippen LogP contribution in [0.25, 0.3) is 0 Å². The summed E-state index contributed by atoms with van der Waals surface area (Å²) in [4.78, 5) is 78.9. The van der Waals surface area contributed by atoms with Gasteiger partial charge in [0.2, 0.25) is 35.4 Å². The third kappa shape index (κ3) is 4.30. The molecule has 0 N–H and O–H groups in total. The van der Waals surface area contributed by atoms with Crippen LogP contribution in [0.4, 0.5) is 13.2 Å². The Morgan fingerprint density at radius 2 is 0.851 bits per heavy atom. The van der Waals surface area contributed by atoms with E-state index in [-0.39, 0.29) is 44.5 Å². The van der Waals surface area contributed by atoms with Crippen molar-refractivity contribution in [3.63, 3.8) is 0 Å². The highest BCUT2D eigenvalue weighted by Crippen LogP contribution is 2.52. The molecule has 0 aromatic heterocycles. The van der Waals surface area contributed by atoms with E-state index in [0.717, 1.165) is 42.0 Å². The monoisotopic (exact) mass is 663 g/mol. The molecule has 0 saturated heterocycles. The zero-order chi connectivity index (χ0) is 33.4. The minimum Gasteiger partial charge on any atom is -0.379 e. The third-order valence-corrected chi connectivity index (χ3v) is 11.0. The lowest BCUT2D eigenvalue weighted by atomic mass is 9.68. The van der Waals surface area contributed by atoms with Crippen LogP contribution in [0.2, 0.25) is 5.79 Å². The van der Waals surface area contributed by atoms with Crippen LogP contribution < -0.4 is 0 Å². The zero-order valence-corrected chi connectivity index (χ0v) is 26.5. The normalized spacial score (nSPS) is 16.8. The summed E-state index contributed by atoms with van der Waals surface area (Å²) in [5.74, 6) is -2.74. The summed E-state index contributed by atoms with van der Waals surface area (Å²) in [6, 6.07) is 19.6. The van der Waals surface area contributed by atoms with Crippen LogP contribution in [0.1, 0.15) is 78.8 Å². The van der Waals surface area contributed by atoms with Crippen molar-refractivity contribution in [3.05, 3.63) is 141 Å². The van der Waals surface area contributed by atoms with Crippen molar-refractivity contribution in [3.8, 4) is 0 Å². The van der Waals surface area contributed by atoms with Gasteiger partial charge in [-0.15, -0.1) is 0 Å². The number of hydrogen-bond acceptors (Lipinski definition) is 6. The molecule has 4 aromatic carbocycles. The average molecular weight is 663 g/mol. The van der Waals surface area contributed by atoms with E-state index in [1.165, 1.54) is 42.5 Å². The summed E-state index contributed by atoms with van der Waals surface area (Å²) < 4.78 is 50.0. The number of carbonyl (C=O) groups excluding carboxylic acids is 6. The molecule has 1 atom stereocenters. The molecule has 14 heteroatoms. The topological polar surface area (TPSA) is 112 Å². The molecular weight excluding hydrogens is 645 g/mol. The molecule has 0 spiro atoms. The van der Waals surface area contributed by atoms with E-state index in [1.807, 2.05) is 0 Å². The van der Waals surface area contributed by atoms with Crippen LogP contribution >= 0.6 is 0 Å². The van der Waals surface area contributed by atoms with Gasteiger partial charge in [0, 0.05) is 0 Å². The number of fused-ring (bicyclic) bond motifs is 3. The lowest BCUT2D eigenvalue weighted by Crippen LogP contribution is -2.47. The Balaban J connectivity index is 1.35. The van der Waals surface area contributed by atoms with E-state index in [0.29, 0.717) is 0 Å². The highest BCUT2D eigenvalue weighted by molar-refractivity contribution is 6.54. The number of halogens is 3. The minimum absolute atomic E-state index is 0.00117. The molecule has 3 heterocycles. The van der Waals surface area contributed by atoms with E-state index < -0.39 is 83.7 Å². The number of nitrogens with zero attached hydrogens (tertiary/aromatic N) is 3. The van der Waals surface area contributed by atoms with Crippen molar-refractivity contribution in [1.29, 1.82) is 0 Å². The second-order valence-electron chi connectivity index (χ2n) is 11.0. The first kappa shape index (κ1) is 30.8. The molecule has 2 radical (unpaired) electrons. The molecule has 0 aliphatic carbocycles. The Hall–Kier alpha value is -4.85. The summed E-state index contributed by atoms with van der Waals surface area (Å²) in [6.07, 6.45) is -5.06. The minimum atomic E-state index is -5.06. The molecule has 0 bridgehead atoms. The molecule has 47 heavy (non-hydrogen) atoms. The second-order valence-corrected chi connectivity index (χ2v) is 13.3. The van der Waals surface area contributed by atoms with Crippen molar-refractivity contribution >= 4 is 66.5 Å². The maximum absolute atomic E-state index is 15.8. The number of rotatable bonds is 6. The van der Waals surface area contributed by atoms with E-state index in [9.17, 15) is 28.8 Å². The molecular formula is C33H18Al2F3N3O6. The van der Waals surface area contributed by atoms with Crippen molar-refractivity contribution in [2.24, 2.45) is 0 Å². The fourth-order valence-corrected chi connectivity index (χ4v) is 8.39. The SMILES string of the molecule is [CH3][Al][N]1C(=O)c2ccc(C(c3ccccc3)(c3ccc4c(c3)C(=O)[N]([Al][N]3C(=O)c5ccccc5C3=O)C4=O)C(F)(F)F)cc2C1=O. The van der Waals surface area contributed by atoms with Gasteiger partial charge in [-0.05, 0) is 53.1 Å². The Morgan fingerprint density at radius 1 is 0.468 bits per heavy atom. The molecule has 3 aliphatic heterocycles. The molecule has 3 aliphatic rings. The van der Waals surface area contributed by atoms with Gasteiger partial charge in [-0.1, -0.05) is 60.4 Å². The summed E-state index contributed by atoms with van der Waals surface area (Å²) in [6.45, 7) is 0. The number of carbonyl (C=O) groups is 6. The van der Waals surface area contributed by atoms with Gasteiger partial charge in [-0.3, -0.25) is 28.8 Å². The summed E-state index contributed by atoms with van der Waals surface area (Å²) in [7, 11) is 0. The predicted molar refractivity (Wildman–Crippen MR) is 161 cm³/mol. The lowest BCUT2D eigenvalue weighted by Gasteiger charge is -2.38. The van der Waals surface area contributed by atoms with Gasteiger partial charge in [0.25, 0.3) is 0 Å². The maximum atomic E-state index is 15.8. The van der Waals surface area contributed by atoms with Gasteiger partial charge in [-0.2, -0.15) is 13.2 Å². The van der Waals surface area contributed by atoms with Crippen LogP contribution in [0.15, 0.2) is 91.0 Å². The maximum Gasteiger partial charge on any atom is 0.574 e. The van der Waals surface area contributed by atoms with Gasteiger partial charge < -0.3 is 11.7 Å². The Morgan fingerprint density at radius 3 is 1.30 bits per heavy atom. The molecule has 7 rings (SSSR count). The first-order chi connectivity index (χ1) is 22.4. The van der Waals surface area contributed by atoms with Crippen LogP contribution in [-0.2, 0) is 5.41 Å². The van der Waals surface area contributed by atoms with Crippen LogP contribution in [0.5, 0.6) is 0 Å². The highest BCUT2D eigenvalue weighted by atomic mass is 27.1. The molecule has 228 valence electrons. The van der Waals surface area contributed by atoms with E-state index in [1.54, 1.807) is 24.0 Å². The number of alkyl halides is 3. The van der Waals surface area contributed by atoms with Gasteiger partial charge in [0.05, 0.1) is 33.4 Å². The first-order valence-electron chi connectivity index (χ1n) is 14.2. The van der Waals surface area contributed by atoms with Crippen molar-refractivity contribution in [2.75, 3.05) is 0 Å².